The molecule has 0 saturated carbocycles. The highest BCUT2D eigenvalue weighted by molar-refractivity contribution is 5.98. The summed E-state index contributed by atoms with van der Waals surface area (Å²) in [5, 5.41) is 12.5. The fourth-order valence-corrected chi connectivity index (χ4v) is 2.78. The van der Waals surface area contributed by atoms with Crippen LogP contribution in [-0.2, 0) is 10.3 Å². The molecule has 0 aliphatic rings. The molecule has 0 heterocycles. The summed E-state index contributed by atoms with van der Waals surface area (Å²) in [6.07, 6.45) is 0. The van der Waals surface area contributed by atoms with Crippen LogP contribution in [0.25, 0.3) is 11.1 Å². The second-order valence-electron chi connectivity index (χ2n) is 6.20. The third-order valence-corrected chi connectivity index (χ3v) is 4.37. The summed E-state index contributed by atoms with van der Waals surface area (Å²) >= 11 is 0. The molecule has 3 aromatic carbocycles. The minimum absolute atomic E-state index is 0.416. The Morgan fingerprint density at radius 1 is 0.808 bits per heavy atom. The van der Waals surface area contributed by atoms with Crippen LogP contribution in [0.4, 0.5) is 0 Å². The summed E-state index contributed by atoms with van der Waals surface area (Å²) in [4.78, 5) is 24.5. The lowest BCUT2D eigenvalue weighted by atomic mass is 9.89. The molecule has 1 amide bonds. The summed E-state index contributed by atoms with van der Waals surface area (Å²) in [5.74, 6) is -1.55. The molecule has 0 aliphatic heterocycles. The van der Waals surface area contributed by atoms with Crippen molar-refractivity contribution in [3.8, 4) is 11.1 Å². The smallest absolute Gasteiger partial charge is 0.333 e. The Hall–Kier alpha value is -3.40. The van der Waals surface area contributed by atoms with Crippen molar-refractivity contribution >= 4 is 11.9 Å². The van der Waals surface area contributed by atoms with E-state index < -0.39 is 17.4 Å². The van der Waals surface area contributed by atoms with Gasteiger partial charge in [0.15, 0.2) is 5.54 Å². The molecule has 0 bridgehead atoms. The zero-order valence-electron chi connectivity index (χ0n) is 14.3. The molecule has 0 aromatic heterocycles. The number of carbonyl (C=O) groups excluding carboxylic acids is 1. The van der Waals surface area contributed by atoms with Crippen LogP contribution >= 0.6 is 0 Å². The van der Waals surface area contributed by atoms with Crippen LogP contribution in [0.3, 0.4) is 0 Å². The molecule has 4 nitrogen and oxygen atoms in total. The lowest BCUT2D eigenvalue weighted by Crippen LogP contribution is -2.49. The summed E-state index contributed by atoms with van der Waals surface area (Å²) < 4.78 is 0. The SMILES string of the molecule is CC(NC(=O)c1ccccc1)(C(=O)O)c1cccc(-c2ccccc2)c1. The molecular weight excluding hydrogens is 326 g/mol. The van der Waals surface area contributed by atoms with Crippen LogP contribution in [0, 0.1) is 0 Å². The van der Waals surface area contributed by atoms with Gasteiger partial charge in [0, 0.05) is 5.56 Å². The Morgan fingerprint density at radius 3 is 2.00 bits per heavy atom. The molecule has 0 saturated heterocycles. The fourth-order valence-electron chi connectivity index (χ4n) is 2.78. The van der Waals surface area contributed by atoms with Gasteiger partial charge in [-0.1, -0.05) is 66.7 Å². The molecule has 3 aromatic rings. The minimum Gasteiger partial charge on any atom is -0.479 e. The summed E-state index contributed by atoms with van der Waals surface area (Å²) in [7, 11) is 0. The van der Waals surface area contributed by atoms with E-state index in [1.807, 2.05) is 36.4 Å². The van der Waals surface area contributed by atoms with Crippen molar-refractivity contribution in [3.63, 3.8) is 0 Å². The van der Waals surface area contributed by atoms with Crippen LogP contribution in [0.15, 0.2) is 84.9 Å². The molecule has 1 unspecified atom stereocenters. The topological polar surface area (TPSA) is 66.4 Å². The van der Waals surface area contributed by atoms with Crippen LogP contribution in [-0.4, -0.2) is 17.0 Å². The number of hydrogen-bond donors (Lipinski definition) is 2. The molecule has 4 heteroatoms. The van der Waals surface area contributed by atoms with Gasteiger partial charge in [0.05, 0.1) is 0 Å². The lowest BCUT2D eigenvalue weighted by molar-refractivity contribution is -0.144. The third kappa shape index (κ3) is 3.49. The van der Waals surface area contributed by atoms with Crippen molar-refractivity contribution in [1.29, 1.82) is 0 Å². The van der Waals surface area contributed by atoms with Crippen LogP contribution < -0.4 is 5.32 Å². The molecule has 130 valence electrons. The maximum Gasteiger partial charge on any atom is 0.333 e. The van der Waals surface area contributed by atoms with Gasteiger partial charge < -0.3 is 10.4 Å². The van der Waals surface area contributed by atoms with E-state index in [2.05, 4.69) is 5.32 Å². The Labute approximate surface area is 152 Å². The van der Waals surface area contributed by atoms with E-state index in [0.717, 1.165) is 11.1 Å². The van der Waals surface area contributed by atoms with Gasteiger partial charge in [0.2, 0.25) is 0 Å². The molecule has 0 fully saturated rings. The lowest BCUT2D eigenvalue weighted by Gasteiger charge is -2.27. The largest absolute Gasteiger partial charge is 0.479 e. The first-order chi connectivity index (χ1) is 12.5. The second kappa shape index (κ2) is 7.23. The Kier molecular flexibility index (Phi) is 4.85. The van der Waals surface area contributed by atoms with E-state index in [4.69, 9.17) is 0 Å². The van der Waals surface area contributed by atoms with Gasteiger partial charge in [-0.05, 0) is 41.8 Å². The van der Waals surface area contributed by atoms with Gasteiger partial charge in [-0.3, -0.25) is 4.79 Å². The van der Waals surface area contributed by atoms with E-state index in [1.54, 1.807) is 48.5 Å². The number of hydrogen-bond acceptors (Lipinski definition) is 2. The minimum atomic E-state index is -1.54. The average molecular weight is 345 g/mol. The Balaban J connectivity index is 1.97. The zero-order valence-corrected chi connectivity index (χ0v) is 14.3. The number of carboxylic acids is 1. The van der Waals surface area contributed by atoms with E-state index >= 15 is 0 Å². The van der Waals surface area contributed by atoms with Gasteiger partial charge in [-0.2, -0.15) is 0 Å². The molecule has 2 N–H and O–H groups in total. The van der Waals surface area contributed by atoms with E-state index in [1.165, 1.54) is 6.92 Å². The third-order valence-electron chi connectivity index (χ3n) is 4.37. The van der Waals surface area contributed by atoms with Gasteiger partial charge in [-0.15, -0.1) is 0 Å². The maximum atomic E-state index is 12.5. The number of carbonyl (C=O) groups is 2. The van der Waals surface area contributed by atoms with Gasteiger partial charge in [0.25, 0.3) is 5.91 Å². The number of aliphatic carboxylic acids is 1. The summed E-state index contributed by atoms with van der Waals surface area (Å²) in [5.41, 5.74) is 1.26. The fraction of sp³-hybridized carbons (Fsp3) is 0.0909. The predicted molar refractivity (Wildman–Crippen MR) is 101 cm³/mol. The van der Waals surface area contributed by atoms with Crippen molar-refractivity contribution in [1.82, 2.24) is 5.32 Å². The van der Waals surface area contributed by atoms with Crippen molar-refractivity contribution in [2.45, 2.75) is 12.5 Å². The van der Waals surface area contributed by atoms with Gasteiger partial charge in [0.1, 0.15) is 0 Å². The summed E-state index contributed by atoms with van der Waals surface area (Å²) in [6.45, 7) is 1.50. The molecule has 0 aliphatic carbocycles. The number of amides is 1. The molecule has 0 spiro atoms. The van der Waals surface area contributed by atoms with Crippen molar-refractivity contribution in [3.05, 3.63) is 96.1 Å². The normalized spacial score (nSPS) is 12.8. The first-order valence-corrected chi connectivity index (χ1v) is 8.27. The molecule has 26 heavy (non-hydrogen) atoms. The Bertz CT molecular complexity index is 922. The first-order valence-electron chi connectivity index (χ1n) is 8.27. The molecule has 1 atom stereocenters. The highest BCUT2D eigenvalue weighted by atomic mass is 16.4. The molecular formula is C22H19NO3. The highest BCUT2D eigenvalue weighted by Crippen LogP contribution is 2.27. The predicted octanol–water partition coefficient (Wildman–Crippen LogP) is 4.08. The van der Waals surface area contributed by atoms with Gasteiger partial charge in [-0.25, -0.2) is 4.79 Å². The van der Waals surface area contributed by atoms with Crippen LogP contribution in [0.1, 0.15) is 22.8 Å². The van der Waals surface area contributed by atoms with E-state index in [-0.39, 0.29) is 0 Å². The first kappa shape index (κ1) is 17.4. The second-order valence-corrected chi connectivity index (χ2v) is 6.20. The average Bonchev–Trinajstić information content (AvgIpc) is 2.69. The number of carboxylic acid groups (broad SMARTS) is 1. The van der Waals surface area contributed by atoms with Crippen molar-refractivity contribution in [2.24, 2.45) is 0 Å². The van der Waals surface area contributed by atoms with Crippen molar-refractivity contribution in [2.75, 3.05) is 0 Å². The van der Waals surface area contributed by atoms with E-state index in [9.17, 15) is 14.7 Å². The number of nitrogens with one attached hydrogen (secondary N) is 1. The van der Waals surface area contributed by atoms with Crippen molar-refractivity contribution < 1.29 is 14.7 Å². The number of rotatable bonds is 5. The summed E-state index contributed by atoms with van der Waals surface area (Å²) in [6, 6.07) is 25.5. The monoisotopic (exact) mass is 345 g/mol. The standard InChI is InChI=1S/C22H19NO3/c1-22(21(25)26,23-20(24)17-11-6-3-7-12-17)19-14-8-13-18(15-19)16-9-4-2-5-10-16/h2-15H,1H3,(H,23,24)(H,25,26). The number of benzene rings is 3. The zero-order chi connectivity index (χ0) is 18.6. The Morgan fingerprint density at radius 2 is 1.38 bits per heavy atom. The quantitative estimate of drug-likeness (QED) is 0.732. The molecule has 3 rings (SSSR count). The van der Waals surface area contributed by atoms with Crippen LogP contribution in [0.2, 0.25) is 0 Å². The van der Waals surface area contributed by atoms with Gasteiger partial charge >= 0.3 is 5.97 Å². The van der Waals surface area contributed by atoms with E-state index in [0.29, 0.717) is 11.1 Å². The maximum absolute atomic E-state index is 12.5. The molecule has 0 radical (unpaired) electrons. The highest BCUT2D eigenvalue weighted by Gasteiger charge is 2.37. The van der Waals surface area contributed by atoms with Crippen LogP contribution in [0.5, 0.6) is 0 Å².